The molecule has 3 aromatic heterocycles. The Balaban J connectivity index is 1.52. The lowest BCUT2D eigenvalue weighted by atomic mass is 10.2. The van der Waals surface area contributed by atoms with Crippen LogP contribution in [0, 0.1) is 6.92 Å². The Morgan fingerprint density at radius 3 is 2.79 bits per heavy atom. The maximum atomic E-state index is 6.15. The molecule has 0 aliphatic heterocycles. The molecule has 4 aromatic rings. The van der Waals surface area contributed by atoms with Crippen molar-refractivity contribution >= 4 is 17.4 Å². The summed E-state index contributed by atoms with van der Waals surface area (Å²) in [6, 6.07) is 14.0. The van der Waals surface area contributed by atoms with Gasteiger partial charge in [-0.1, -0.05) is 42.1 Å². The van der Waals surface area contributed by atoms with E-state index in [9.17, 15) is 0 Å². The summed E-state index contributed by atoms with van der Waals surface area (Å²) in [5.41, 5.74) is 3.03. The minimum atomic E-state index is -0.229. The van der Waals surface area contributed by atoms with E-state index in [0.717, 1.165) is 33.6 Å². The molecule has 4 rings (SSSR count). The number of fused-ring (bicyclic) bond motifs is 1. The molecule has 1 unspecified atom stereocenters. The zero-order valence-electron chi connectivity index (χ0n) is 16.5. The number of allylic oxidation sites excluding steroid dienone is 1. The second-order valence-electron chi connectivity index (χ2n) is 6.75. The molecule has 0 radical (unpaired) electrons. The summed E-state index contributed by atoms with van der Waals surface area (Å²) in [5.74, 6) is 2.35. The van der Waals surface area contributed by atoms with Gasteiger partial charge in [-0.05, 0) is 37.6 Å². The molecule has 0 saturated carbocycles. The third-order valence-corrected chi connectivity index (χ3v) is 5.58. The summed E-state index contributed by atoms with van der Waals surface area (Å²) >= 11 is 1.61. The summed E-state index contributed by atoms with van der Waals surface area (Å²) in [6.07, 6.45) is 5.66. The molecular formula is C22H23N5OS. The Morgan fingerprint density at radius 2 is 2.00 bits per heavy atom. The quantitative estimate of drug-likeness (QED) is 0.310. The number of pyridine rings is 1. The maximum absolute atomic E-state index is 6.15. The smallest absolute Gasteiger partial charge is 0.192 e. The molecule has 0 amide bonds. The van der Waals surface area contributed by atoms with E-state index in [2.05, 4.69) is 26.3 Å². The summed E-state index contributed by atoms with van der Waals surface area (Å²) in [7, 11) is 0. The van der Waals surface area contributed by atoms with E-state index in [4.69, 9.17) is 4.74 Å². The van der Waals surface area contributed by atoms with Gasteiger partial charge in [0.2, 0.25) is 0 Å². The summed E-state index contributed by atoms with van der Waals surface area (Å²) in [6.45, 7) is 8.53. The fraction of sp³-hybridized carbons (Fsp3) is 0.227. The number of aryl methyl sites for hydroxylation is 1. The van der Waals surface area contributed by atoms with E-state index < -0.39 is 0 Å². The lowest BCUT2D eigenvalue weighted by Gasteiger charge is -2.17. The average Bonchev–Trinajstić information content (AvgIpc) is 3.32. The summed E-state index contributed by atoms with van der Waals surface area (Å²) < 4.78 is 10.2. The van der Waals surface area contributed by atoms with Crippen molar-refractivity contribution in [3.63, 3.8) is 0 Å². The molecule has 0 aliphatic rings. The predicted octanol–water partition coefficient (Wildman–Crippen LogP) is 4.85. The first-order chi connectivity index (χ1) is 14.2. The second-order valence-corrected chi connectivity index (χ2v) is 7.70. The highest BCUT2D eigenvalue weighted by molar-refractivity contribution is 7.98. The molecule has 0 bridgehead atoms. The van der Waals surface area contributed by atoms with Crippen LogP contribution >= 0.6 is 11.8 Å². The Morgan fingerprint density at radius 1 is 1.17 bits per heavy atom. The minimum absolute atomic E-state index is 0.229. The molecule has 0 N–H and O–H groups in total. The van der Waals surface area contributed by atoms with Crippen molar-refractivity contribution in [3.05, 3.63) is 84.6 Å². The van der Waals surface area contributed by atoms with Gasteiger partial charge < -0.3 is 9.14 Å². The van der Waals surface area contributed by atoms with E-state index in [0.29, 0.717) is 12.3 Å². The van der Waals surface area contributed by atoms with E-state index in [1.165, 1.54) is 0 Å². The van der Waals surface area contributed by atoms with Crippen molar-refractivity contribution in [1.29, 1.82) is 0 Å². The van der Waals surface area contributed by atoms with Gasteiger partial charge in [0.05, 0.1) is 5.69 Å². The highest BCUT2D eigenvalue weighted by Crippen LogP contribution is 2.27. The standard InChI is InChI=1S/C22H23N5OS/c1-4-12-27-21(17(3)28-19-10-6-5-9-16(19)2)24-25-22(27)29-15-18-14-26-13-8-7-11-20(26)23-18/h4-11,13-14,17H,1,12,15H2,2-3H3. The third kappa shape index (κ3) is 4.19. The van der Waals surface area contributed by atoms with Crippen LogP contribution in [0.2, 0.25) is 0 Å². The first kappa shape index (κ1) is 19.3. The van der Waals surface area contributed by atoms with E-state index in [1.807, 2.05) is 79.2 Å². The van der Waals surface area contributed by atoms with E-state index >= 15 is 0 Å². The fourth-order valence-corrected chi connectivity index (χ4v) is 3.97. The highest BCUT2D eigenvalue weighted by Gasteiger charge is 2.20. The number of para-hydroxylation sites is 1. The molecule has 0 aliphatic carbocycles. The zero-order valence-corrected chi connectivity index (χ0v) is 17.3. The summed E-state index contributed by atoms with van der Waals surface area (Å²) in [5, 5.41) is 9.64. The van der Waals surface area contributed by atoms with Crippen molar-refractivity contribution in [2.24, 2.45) is 0 Å². The minimum Gasteiger partial charge on any atom is -0.482 e. The van der Waals surface area contributed by atoms with Crippen LogP contribution in [-0.2, 0) is 12.3 Å². The van der Waals surface area contributed by atoms with Crippen LogP contribution in [0.25, 0.3) is 5.65 Å². The van der Waals surface area contributed by atoms with Gasteiger partial charge in [-0.15, -0.1) is 16.8 Å². The monoisotopic (exact) mass is 405 g/mol. The normalized spacial score (nSPS) is 12.2. The molecule has 148 valence electrons. The fourth-order valence-electron chi connectivity index (χ4n) is 3.14. The molecule has 7 heteroatoms. The molecule has 29 heavy (non-hydrogen) atoms. The van der Waals surface area contributed by atoms with E-state index in [1.54, 1.807) is 11.8 Å². The molecule has 3 heterocycles. The van der Waals surface area contributed by atoms with Gasteiger partial charge >= 0.3 is 0 Å². The van der Waals surface area contributed by atoms with Crippen molar-refractivity contribution in [3.8, 4) is 5.75 Å². The van der Waals surface area contributed by atoms with E-state index in [-0.39, 0.29) is 6.10 Å². The number of thioether (sulfide) groups is 1. The van der Waals surface area contributed by atoms with Crippen molar-refractivity contribution in [2.45, 2.75) is 37.4 Å². The number of aromatic nitrogens is 5. The Kier molecular flexibility index (Phi) is 5.67. The van der Waals surface area contributed by atoms with Crippen LogP contribution in [0.15, 0.2) is 72.7 Å². The third-order valence-electron chi connectivity index (χ3n) is 4.58. The molecule has 0 fully saturated rings. The maximum Gasteiger partial charge on any atom is 0.192 e. The number of imidazole rings is 1. The predicted molar refractivity (Wildman–Crippen MR) is 115 cm³/mol. The van der Waals surface area contributed by atoms with Crippen molar-refractivity contribution in [1.82, 2.24) is 24.1 Å². The van der Waals surface area contributed by atoms with Gasteiger partial charge in [-0.3, -0.25) is 4.57 Å². The topological polar surface area (TPSA) is 57.2 Å². The Hall–Kier alpha value is -3.06. The van der Waals surface area contributed by atoms with Crippen LogP contribution in [0.3, 0.4) is 0 Å². The van der Waals surface area contributed by atoms with Gasteiger partial charge in [0.1, 0.15) is 11.4 Å². The van der Waals surface area contributed by atoms with Crippen molar-refractivity contribution in [2.75, 3.05) is 0 Å². The Labute approximate surface area is 174 Å². The molecular weight excluding hydrogens is 382 g/mol. The highest BCUT2D eigenvalue weighted by atomic mass is 32.2. The second kappa shape index (κ2) is 8.53. The van der Waals surface area contributed by atoms with Gasteiger partial charge in [0.15, 0.2) is 17.1 Å². The number of hydrogen-bond donors (Lipinski definition) is 0. The number of nitrogens with zero attached hydrogens (tertiary/aromatic N) is 5. The van der Waals surface area contributed by atoms with Crippen LogP contribution in [-0.4, -0.2) is 24.1 Å². The van der Waals surface area contributed by atoms with Crippen LogP contribution in [0.4, 0.5) is 0 Å². The molecule has 1 atom stereocenters. The Bertz CT molecular complexity index is 1100. The van der Waals surface area contributed by atoms with Crippen LogP contribution in [0.1, 0.15) is 30.1 Å². The number of rotatable bonds is 8. The molecule has 1 aromatic carbocycles. The molecule has 0 saturated heterocycles. The SMILES string of the molecule is C=CCn1c(SCc2cn3ccccc3n2)nnc1C(C)Oc1ccccc1C. The summed E-state index contributed by atoms with van der Waals surface area (Å²) in [4.78, 5) is 4.65. The van der Waals surface area contributed by atoms with Crippen molar-refractivity contribution < 1.29 is 4.74 Å². The average molecular weight is 406 g/mol. The van der Waals surface area contributed by atoms with Gasteiger partial charge in [0, 0.05) is 24.7 Å². The lowest BCUT2D eigenvalue weighted by molar-refractivity contribution is 0.209. The zero-order chi connectivity index (χ0) is 20.2. The lowest BCUT2D eigenvalue weighted by Crippen LogP contribution is -2.12. The number of benzene rings is 1. The van der Waals surface area contributed by atoms with Gasteiger partial charge in [0.25, 0.3) is 0 Å². The van der Waals surface area contributed by atoms with Gasteiger partial charge in [-0.2, -0.15) is 0 Å². The first-order valence-electron chi connectivity index (χ1n) is 9.47. The van der Waals surface area contributed by atoms with Crippen LogP contribution < -0.4 is 4.74 Å². The van der Waals surface area contributed by atoms with Gasteiger partial charge in [-0.25, -0.2) is 4.98 Å². The molecule has 6 nitrogen and oxygen atoms in total. The first-order valence-corrected chi connectivity index (χ1v) is 10.5. The van der Waals surface area contributed by atoms with Crippen LogP contribution in [0.5, 0.6) is 5.75 Å². The molecule has 0 spiro atoms. The number of hydrogen-bond acceptors (Lipinski definition) is 5. The largest absolute Gasteiger partial charge is 0.482 e. The number of ether oxygens (including phenoxy) is 1.